The van der Waals surface area contributed by atoms with Crippen molar-refractivity contribution < 1.29 is 18.2 Å². The molecule has 0 saturated carbocycles. The summed E-state index contributed by atoms with van der Waals surface area (Å²) in [6, 6.07) is 11.0. The van der Waals surface area contributed by atoms with E-state index in [-0.39, 0.29) is 30.2 Å². The summed E-state index contributed by atoms with van der Waals surface area (Å²) in [6.45, 7) is 2.46. The number of carbonyl (C=O) groups excluding carboxylic acids is 2. The first kappa shape index (κ1) is 24.1. The van der Waals surface area contributed by atoms with Gasteiger partial charge in [-0.25, -0.2) is 14.4 Å². The van der Waals surface area contributed by atoms with E-state index in [1.54, 1.807) is 49.0 Å². The fourth-order valence-electron chi connectivity index (χ4n) is 4.99. The molecule has 2 amide bonds. The molecule has 8 nitrogen and oxygen atoms in total. The summed E-state index contributed by atoms with van der Waals surface area (Å²) in [5.74, 6) is -0.360. The number of hydrogen-bond acceptors (Lipinski definition) is 6. The second-order valence-corrected chi connectivity index (χ2v) is 10.4. The molecule has 1 aromatic heterocycles. The van der Waals surface area contributed by atoms with Crippen molar-refractivity contribution in [2.75, 3.05) is 23.0 Å². The standard InChI is InChI=1S/C26H26FN5O3S/c1-16(33)32-15-18-12-21(36(2)35)8-9-22(18)24(32)25(34)30-20-13-28-26(29-14-20)31-10-4-7-23(31)17-5-3-6-19(27)11-17/h3,5-6,8-9,11-14,23-24H,4,7,10,15H2,1-2H3,(H,30,34)/t23-,24?,36?/m0/s1. The van der Waals surface area contributed by atoms with Crippen molar-refractivity contribution in [2.45, 2.75) is 43.3 Å². The maximum absolute atomic E-state index is 13.7. The van der Waals surface area contributed by atoms with Crippen molar-refractivity contribution in [1.29, 1.82) is 0 Å². The van der Waals surface area contributed by atoms with Crippen LogP contribution in [-0.4, -0.2) is 43.7 Å². The lowest BCUT2D eigenvalue weighted by atomic mass is 10.0. The fourth-order valence-corrected chi connectivity index (χ4v) is 5.56. The van der Waals surface area contributed by atoms with E-state index >= 15 is 0 Å². The first-order valence-corrected chi connectivity index (χ1v) is 13.3. The number of anilines is 2. The first-order valence-electron chi connectivity index (χ1n) is 11.7. The number of amides is 2. The molecule has 186 valence electrons. The van der Waals surface area contributed by atoms with Crippen molar-refractivity contribution in [3.63, 3.8) is 0 Å². The number of benzene rings is 2. The number of hydrogen-bond donors (Lipinski definition) is 1. The summed E-state index contributed by atoms with van der Waals surface area (Å²) in [7, 11) is -1.16. The molecule has 3 aromatic rings. The molecule has 3 atom stereocenters. The highest BCUT2D eigenvalue weighted by Gasteiger charge is 2.37. The first-order chi connectivity index (χ1) is 17.3. The van der Waals surface area contributed by atoms with Gasteiger partial charge in [0.05, 0.1) is 24.1 Å². The monoisotopic (exact) mass is 507 g/mol. The zero-order chi connectivity index (χ0) is 25.4. The van der Waals surface area contributed by atoms with Gasteiger partial charge in [-0.05, 0) is 53.8 Å². The van der Waals surface area contributed by atoms with E-state index in [1.807, 2.05) is 11.0 Å². The number of aromatic nitrogens is 2. The minimum absolute atomic E-state index is 0.0115. The zero-order valence-corrected chi connectivity index (χ0v) is 20.8. The van der Waals surface area contributed by atoms with Gasteiger partial charge >= 0.3 is 0 Å². The number of nitrogens with zero attached hydrogens (tertiary/aromatic N) is 4. The van der Waals surface area contributed by atoms with E-state index in [1.165, 1.54) is 17.9 Å². The molecule has 10 heteroatoms. The molecule has 2 unspecified atom stereocenters. The summed E-state index contributed by atoms with van der Waals surface area (Å²) in [5, 5.41) is 2.83. The van der Waals surface area contributed by atoms with Crippen LogP contribution in [-0.2, 0) is 26.9 Å². The number of fused-ring (bicyclic) bond motifs is 1. The van der Waals surface area contributed by atoms with Gasteiger partial charge in [0.25, 0.3) is 5.91 Å². The highest BCUT2D eigenvalue weighted by molar-refractivity contribution is 7.84. The number of nitrogens with one attached hydrogen (secondary N) is 1. The summed E-state index contributed by atoms with van der Waals surface area (Å²) in [6.07, 6.45) is 6.49. The van der Waals surface area contributed by atoms with Gasteiger partial charge in [0.2, 0.25) is 11.9 Å². The van der Waals surface area contributed by atoms with Crippen LogP contribution in [0.1, 0.15) is 48.5 Å². The van der Waals surface area contributed by atoms with E-state index in [0.717, 1.165) is 30.5 Å². The van der Waals surface area contributed by atoms with Crippen molar-refractivity contribution in [3.05, 3.63) is 77.4 Å². The second-order valence-electron chi connectivity index (χ2n) is 9.03. The van der Waals surface area contributed by atoms with Crippen LogP contribution in [0, 0.1) is 5.82 Å². The van der Waals surface area contributed by atoms with E-state index in [9.17, 15) is 18.2 Å². The van der Waals surface area contributed by atoms with Crippen molar-refractivity contribution >= 4 is 34.2 Å². The number of carbonyl (C=O) groups is 2. The SMILES string of the molecule is CC(=O)N1Cc2cc(S(C)=O)ccc2C1C(=O)Nc1cnc(N2CCC[C@H]2c2cccc(F)c2)nc1. The molecule has 2 aliphatic heterocycles. The van der Waals surface area contributed by atoms with Crippen molar-refractivity contribution in [1.82, 2.24) is 14.9 Å². The Morgan fingerprint density at radius 3 is 2.61 bits per heavy atom. The molecule has 0 aliphatic carbocycles. The van der Waals surface area contributed by atoms with Crippen molar-refractivity contribution in [2.24, 2.45) is 0 Å². The topological polar surface area (TPSA) is 95.5 Å². The molecular formula is C26H26FN5O3S. The Hall–Kier alpha value is -3.66. The van der Waals surface area contributed by atoms with Crippen LogP contribution in [0.4, 0.5) is 16.0 Å². The van der Waals surface area contributed by atoms with Gasteiger partial charge in [-0.3, -0.25) is 13.8 Å². The van der Waals surface area contributed by atoms with Crippen LogP contribution in [0.3, 0.4) is 0 Å². The zero-order valence-electron chi connectivity index (χ0n) is 20.0. The lowest BCUT2D eigenvalue weighted by molar-refractivity contribution is -0.136. The lowest BCUT2D eigenvalue weighted by Gasteiger charge is -2.25. The number of halogens is 1. The Labute approximate surface area is 211 Å². The van der Waals surface area contributed by atoms with Gasteiger partial charge in [-0.2, -0.15) is 0 Å². The maximum atomic E-state index is 13.7. The lowest BCUT2D eigenvalue weighted by Crippen LogP contribution is -2.35. The molecule has 1 fully saturated rings. The number of rotatable bonds is 5. The Balaban J connectivity index is 1.34. The average Bonchev–Trinajstić information content (AvgIpc) is 3.49. The minimum atomic E-state index is -1.16. The highest BCUT2D eigenvalue weighted by atomic mass is 32.2. The smallest absolute Gasteiger partial charge is 0.251 e. The molecule has 0 radical (unpaired) electrons. The van der Waals surface area contributed by atoms with Crippen LogP contribution >= 0.6 is 0 Å². The molecule has 0 bridgehead atoms. The van der Waals surface area contributed by atoms with Gasteiger partial charge in [0.15, 0.2) is 0 Å². The molecule has 3 heterocycles. The summed E-state index contributed by atoms with van der Waals surface area (Å²) >= 11 is 0. The van der Waals surface area contributed by atoms with E-state index in [2.05, 4.69) is 15.3 Å². The van der Waals surface area contributed by atoms with Crippen LogP contribution in [0.15, 0.2) is 59.8 Å². The van der Waals surface area contributed by atoms with Gasteiger partial charge in [0.1, 0.15) is 11.9 Å². The Kier molecular flexibility index (Phi) is 6.53. The Bertz CT molecular complexity index is 1350. The highest BCUT2D eigenvalue weighted by Crippen LogP contribution is 2.37. The Morgan fingerprint density at radius 1 is 1.14 bits per heavy atom. The molecule has 1 saturated heterocycles. The second kappa shape index (κ2) is 9.77. The third-order valence-corrected chi connectivity index (χ3v) is 7.61. The molecule has 1 N–H and O–H groups in total. The van der Waals surface area contributed by atoms with E-state index < -0.39 is 16.8 Å². The summed E-state index contributed by atoms with van der Waals surface area (Å²) < 4.78 is 25.6. The van der Waals surface area contributed by atoms with Crippen molar-refractivity contribution in [3.8, 4) is 0 Å². The van der Waals surface area contributed by atoms with Gasteiger partial charge < -0.3 is 15.1 Å². The fraction of sp³-hybridized carbons (Fsp3) is 0.308. The third kappa shape index (κ3) is 4.60. The van der Waals surface area contributed by atoms with Crippen LogP contribution < -0.4 is 10.2 Å². The summed E-state index contributed by atoms with van der Waals surface area (Å²) in [4.78, 5) is 38.7. The van der Waals surface area contributed by atoms with Crippen LogP contribution in [0.2, 0.25) is 0 Å². The van der Waals surface area contributed by atoms with Gasteiger partial charge in [-0.15, -0.1) is 0 Å². The third-order valence-electron chi connectivity index (χ3n) is 6.70. The van der Waals surface area contributed by atoms with E-state index in [4.69, 9.17) is 0 Å². The Morgan fingerprint density at radius 2 is 1.92 bits per heavy atom. The van der Waals surface area contributed by atoms with Gasteiger partial charge in [0, 0.05) is 42.0 Å². The van der Waals surface area contributed by atoms with Gasteiger partial charge in [-0.1, -0.05) is 18.2 Å². The molecule has 0 spiro atoms. The predicted molar refractivity (Wildman–Crippen MR) is 134 cm³/mol. The van der Waals surface area contributed by atoms with E-state index in [0.29, 0.717) is 22.1 Å². The maximum Gasteiger partial charge on any atom is 0.251 e. The predicted octanol–water partition coefficient (Wildman–Crippen LogP) is 3.74. The average molecular weight is 508 g/mol. The van der Waals surface area contributed by atoms with Crippen LogP contribution in [0.25, 0.3) is 0 Å². The summed E-state index contributed by atoms with van der Waals surface area (Å²) in [5.41, 5.74) is 2.81. The quantitative estimate of drug-likeness (QED) is 0.565. The molecule has 2 aliphatic rings. The molecule has 36 heavy (non-hydrogen) atoms. The molecule has 2 aromatic carbocycles. The minimum Gasteiger partial charge on any atom is -0.334 e. The van der Waals surface area contributed by atoms with Crippen LogP contribution in [0.5, 0.6) is 0 Å². The molecule has 5 rings (SSSR count). The molecular weight excluding hydrogens is 481 g/mol. The largest absolute Gasteiger partial charge is 0.334 e. The normalized spacial score (nSPS) is 19.8.